The largest absolute Gasteiger partial charge is 0.478 e. The van der Waals surface area contributed by atoms with Crippen molar-refractivity contribution in [2.75, 3.05) is 6.61 Å². The molecule has 3 heterocycles. The number of rotatable bonds is 6. The molecule has 3 rings (SSSR count). The van der Waals surface area contributed by atoms with E-state index in [4.69, 9.17) is 9.26 Å². The summed E-state index contributed by atoms with van der Waals surface area (Å²) >= 11 is 0. The standard InChI is InChI=1S/C17H18N4O3/c1-3-14-13-8-12(10-20-17(13)24-21-14)16(22)19-9-11-5-6-18-15(7-11)23-4-2/h5-8,10H,3-4,9H2,1-2H3,(H,19,22). The van der Waals surface area contributed by atoms with Gasteiger partial charge in [-0.05, 0) is 31.0 Å². The smallest absolute Gasteiger partial charge is 0.257 e. The van der Waals surface area contributed by atoms with Crippen molar-refractivity contribution in [1.29, 1.82) is 0 Å². The van der Waals surface area contributed by atoms with Crippen molar-refractivity contribution >= 4 is 17.0 Å². The average Bonchev–Trinajstić information content (AvgIpc) is 3.02. The molecule has 0 saturated carbocycles. The van der Waals surface area contributed by atoms with Gasteiger partial charge in [0, 0.05) is 25.0 Å². The third kappa shape index (κ3) is 3.34. The van der Waals surface area contributed by atoms with E-state index in [9.17, 15) is 4.79 Å². The Labute approximate surface area is 139 Å². The van der Waals surface area contributed by atoms with Crippen LogP contribution in [0.15, 0.2) is 35.1 Å². The molecule has 0 saturated heterocycles. The van der Waals surface area contributed by atoms with E-state index in [2.05, 4.69) is 20.4 Å². The molecule has 0 spiro atoms. The fourth-order valence-electron chi connectivity index (χ4n) is 2.33. The number of aryl methyl sites for hydroxylation is 1. The van der Waals surface area contributed by atoms with E-state index < -0.39 is 0 Å². The zero-order chi connectivity index (χ0) is 16.9. The first-order valence-corrected chi connectivity index (χ1v) is 7.81. The number of pyridine rings is 2. The second-order valence-corrected chi connectivity index (χ2v) is 5.18. The van der Waals surface area contributed by atoms with Crippen LogP contribution in [0.3, 0.4) is 0 Å². The number of hydrogen-bond acceptors (Lipinski definition) is 6. The van der Waals surface area contributed by atoms with Gasteiger partial charge in [0.1, 0.15) is 0 Å². The van der Waals surface area contributed by atoms with Gasteiger partial charge in [-0.15, -0.1) is 0 Å². The Bertz CT molecular complexity index is 860. The lowest BCUT2D eigenvalue weighted by molar-refractivity contribution is 0.0950. The number of carbonyl (C=O) groups is 1. The minimum absolute atomic E-state index is 0.206. The van der Waals surface area contributed by atoms with Crippen molar-refractivity contribution in [1.82, 2.24) is 20.4 Å². The van der Waals surface area contributed by atoms with Gasteiger partial charge in [-0.25, -0.2) is 9.97 Å². The van der Waals surface area contributed by atoms with E-state index in [-0.39, 0.29) is 5.91 Å². The molecule has 1 amide bonds. The topological polar surface area (TPSA) is 90.1 Å². The molecule has 7 nitrogen and oxygen atoms in total. The van der Waals surface area contributed by atoms with Crippen LogP contribution in [0, 0.1) is 0 Å². The minimum Gasteiger partial charge on any atom is -0.478 e. The van der Waals surface area contributed by atoms with Crippen LogP contribution in [0.4, 0.5) is 0 Å². The number of aromatic nitrogens is 3. The van der Waals surface area contributed by atoms with Crippen LogP contribution < -0.4 is 10.1 Å². The molecule has 3 aromatic rings. The lowest BCUT2D eigenvalue weighted by Gasteiger charge is -2.07. The molecule has 0 aliphatic carbocycles. The maximum atomic E-state index is 12.3. The van der Waals surface area contributed by atoms with Gasteiger partial charge >= 0.3 is 0 Å². The maximum Gasteiger partial charge on any atom is 0.257 e. The normalized spacial score (nSPS) is 10.8. The van der Waals surface area contributed by atoms with Crippen LogP contribution in [0.2, 0.25) is 0 Å². The first kappa shape index (κ1) is 15.9. The molecule has 0 aromatic carbocycles. The Balaban J connectivity index is 1.72. The zero-order valence-corrected chi connectivity index (χ0v) is 13.6. The first-order chi connectivity index (χ1) is 11.7. The summed E-state index contributed by atoms with van der Waals surface area (Å²) in [5.41, 5.74) is 2.62. The highest BCUT2D eigenvalue weighted by Gasteiger charge is 2.12. The Morgan fingerprint density at radius 2 is 2.17 bits per heavy atom. The van der Waals surface area contributed by atoms with Crippen LogP contribution in [-0.2, 0) is 13.0 Å². The van der Waals surface area contributed by atoms with Gasteiger partial charge in [0.05, 0.1) is 23.3 Å². The molecule has 0 aliphatic heterocycles. The van der Waals surface area contributed by atoms with Crippen molar-refractivity contribution < 1.29 is 14.1 Å². The predicted octanol–water partition coefficient (Wildman–Crippen LogP) is 2.51. The highest BCUT2D eigenvalue weighted by Crippen LogP contribution is 2.18. The number of hydrogen-bond donors (Lipinski definition) is 1. The molecule has 3 aromatic heterocycles. The second kappa shape index (κ2) is 7.08. The van der Waals surface area contributed by atoms with E-state index in [1.165, 1.54) is 6.20 Å². The third-order valence-corrected chi connectivity index (χ3v) is 3.55. The predicted molar refractivity (Wildman–Crippen MR) is 87.8 cm³/mol. The third-order valence-electron chi connectivity index (χ3n) is 3.55. The van der Waals surface area contributed by atoms with Crippen molar-refractivity contribution in [3.63, 3.8) is 0 Å². The van der Waals surface area contributed by atoms with Gasteiger partial charge in [0.2, 0.25) is 5.88 Å². The molecular weight excluding hydrogens is 308 g/mol. The van der Waals surface area contributed by atoms with E-state index >= 15 is 0 Å². The van der Waals surface area contributed by atoms with Crippen molar-refractivity contribution in [3.05, 3.63) is 47.4 Å². The Morgan fingerprint density at radius 1 is 1.29 bits per heavy atom. The van der Waals surface area contributed by atoms with E-state index in [1.54, 1.807) is 18.3 Å². The number of amides is 1. The monoisotopic (exact) mass is 326 g/mol. The van der Waals surface area contributed by atoms with Gasteiger partial charge in [0.25, 0.3) is 11.6 Å². The molecule has 1 N–H and O–H groups in total. The van der Waals surface area contributed by atoms with Crippen molar-refractivity contribution in [3.8, 4) is 5.88 Å². The van der Waals surface area contributed by atoms with Crippen LogP contribution in [0.5, 0.6) is 5.88 Å². The van der Waals surface area contributed by atoms with Crippen LogP contribution in [0.1, 0.15) is 35.5 Å². The first-order valence-electron chi connectivity index (χ1n) is 7.81. The number of fused-ring (bicyclic) bond motifs is 1. The Kier molecular flexibility index (Phi) is 4.69. The van der Waals surface area contributed by atoms with E-state index in [0.29, 0.717) is 30.3 Å². The zero-order valence-electron chi connectivity index (χ0n) is 13.6. The fraction of sp³-hybridized carbons (Fsp3) is 0.294. The highest BCUT2D eigenvalue weighted by molar-refractivity contribution is 5.96. The molecule has 7 heteroatoms. The minimum atomic E-state index is -0.206. The molecular formula is C17H18N4O3. The second-order valence-electron chi connectivity index (χ2n) is 5.18. The molecule has 0 atom stereocenters. The molecule has 0 bridgehead atoms. The number of nitrogens with zero attached hydrogens (tertiary/aromatic N) is 3. The summed E-state index contributed by atoms with van der Waals surface area (Å²) in [6.07, 6.45) is 3.86. The summed E-state index contributed by atoms with van der Waals surface area (Å²) in [5.74, 6) is 0.340. The lowest BCUT2D eigenvalue weighted by atomic mass is 10.1. The molecule has 0 aliphatic rings. The Hall–Kier alpha value is -2.96. The van der Waals surface area contributed by atoms with Crippen LogP contribution in [-0.4, -0.2) is 27.6 Å². The van der Waals surface area contributed by atoms with Crippen LogP contribution in [0.25, 0.3) is 11.1 Å². The molecule has 24 heavy (non-hydrogen) atoms. The molecule has 0 fully saturated rings. The maximum absolute atomic E-state index is 12.3. The van der Waals surface area contributed by atoms with Crippen LogP contribution >= 0.6 is 0 Å². The summed E-state index contributed by atoms with van der Waals surface area (Å²) in [5, 5.41) is 7.58. The number of ether oxygens (including phenoxy) is 1. The SMILES string of the molecule is CCOc1cc(CNC(=O)c2cnc3onc(CC)c3c2)ccn1. The molecule has 0 radical (unpaired) electrons. The highest BCUT2D eigenvalue weighted by atomic mass is 16.5. The summed E-state index contributed by atoms with van der Waals surface area (Å²) < 4.78 is 10.5. The van der Waals surface area contributed by atoms with Crippen molar-refractivity contribution in [2.24, 2.45) is 0 Å². The van der Waals surface area contributed by atoms with E-state index in [1.807, 2.05) is 19.9 Å². The molecule has 124 valence electrons. The Morgan fingerprint density at radius 3 is 2.96 bits per heavy atom. The summed E-state index contributed by atoms with van der Waals surface area (Å²) in [4.78, 5) is 20.6. The van der Waals surface area contributed by atoms with Gasteiger partial charge in [0.15, 0.2) is 0 Å². The summed E-state index contributed by atoms with van der Waals surface area (Å²) in [6.45, 7) is 4.80. The van der Waals surface area contributed by atoms with Gasteiger partial charge in [-0.3, -0.25) is 4.79 Å². The van der Waals surface area contributed by atoms with Gasteiger partial charge in [-0.2, -0.15) is 0 Å². The number of carbonyl (C=O) groups excluding carboxylic acids is 1. The van der Waals surface area contributed by atoms with Gasteiger partial charge in [-0.1, -0.05) is 12.1 Å². The molecule has 0 unspecified atom stereocenters. The fourth-order valence-corrected chi connectivity index (χ4v) is 2.33. The van der Waals surface area contributed by atoms with Gasteiger partial charge < -0.3 is 14.6 Å². The summed E-state index contributed by atoms with van der Waals surface area (Å²) in [6, 6.07) is 5.39. The summed E-state index contributed by atoms with van der Waals surface area (Å²) in [7, 11) is 0. The number of nitrogens with one attached hydrogen (secondary N) is 1. The average molecular weight is 326 g/mol. The van der Waals surface area contributed by atoms with E-state index in [0.717, 1.165) is 23.1 Å². The van der Waals surface area contributed by atoms with Crippen molar-refractivity contribution in [2.45, 2.75) is 26.8 Å². The lowest BCUT2D eigenvalue weighted by Crippen LogP contribution is -2.23. The quantitative estimate of drug-likeness (QED) is 0.748.